The number of pyridine rings is 1. The Morgan fingerprint density at radius 1 is 1.53 bits per heavy atom. The lowest BCUT2D eigenvalue weighted by atomic mass is 10.0. The predicted octanol–water partition coefficient (Wildman–Crippen LogP) is 3.30. The number of halogens is 2. The van der Waals surface area contributed by atoms with E-state index in [1.807, 2.05) is 0 Å². The molecule has 1 aromatic carbocycles. The topological polar surface area (TPSA) is 59.4 Å². The standard InChI is InChI=1S/C13H11ClFNO3/c1-3-6-7-4-10(19-2)8(15)5-9(7)16-12(14)11(6)13(17)18/h4-5H,3H2,1-2H3,(H,17,18). The molecule has 1 N–H and O–H groups in total. The molecule has 19 heavy (non-hydrogen) atoms. The summed E-state index contributed by atoms with van der Waals surface area (Å²) in [5.41, 5.74) is 0.774. The summed E-state index contributed by atoms with van der Waals surface area (Å²) in [7, 11) is 1.34. The van der Waals surface area contributed by atoms with Crippen LogP contribution in [-0.2, 0) is 6.42 Å². The average Bonchev–Trinajstić information content (AvgIpc) is 2.35. The second kappa shape index (κ2) is 5.01. The van der Waals surface area contributed by atoms with E-state index >= 15 is 0 Å². The lowest BCUT2D eigenvalue weighted by Gasteiger charge is -2.11. The Labute approximate surface area is 113 Å². The van der Waals surface area contributed by atoms with Crippen molar-refractivity contribution in [1.82, 2.24) is 4.98 Å². The van der Waals surface area contributed by atoms with Gasteiger partial charge in [0.1, 0.15) is 10.7 Å². The number of nitrogens with zero attached hydrogens (tertiary/aromatic N) is 1. The van der Waals surface area contributed by atoms with Gasteiger partial charge in [0.15, 0.2) is 11.6 Å². The molecule has 0 aliphatic carbocycles. The van der Waals surface area contributed by atoms with E-state index in [0.717, 1.165) is 0 Å². The van der Waals surface area contributed by atoms with Crippen LogP contribution in [0.25, 0.3) is 10.9 Å². The Kier molecular flexibility index (Phi) is 3.57. The van der Waals surface area contributed by atoms with Crippen LogP contribution in [0.2, 0.25) is 5.15 Å². The quantitative estimate of drug-likeness (QED) is 0.878. The number of aromatic carboxylic acids is 1. The molecule has 2 rings (SSSR count). The Morgan fingerprint density at radius 3 is 2.74 bits per heavy atom. The number of carboxylic acid groups (broad SMARTS) is 1. The van der Waals surface area contributed by atoms with E-state index in [0.29, 0.717) is 22.9 Å². The van der Waals surface area contributed by atoms with Crippen LogP contribution in [0, 0.1) is 5.82 Å². The molecule has 4 nitrogen and oxygen atoms in total. The molecule has 1 heterocycles. The van der Waals surface area contributed by atoms with Crippen molar-refractivity contribution in [2.24, 2.45) is 0 Å². The largest absolute Gasteiger partial charge is 0.494 e. The van der Waals surface area contributed by atoms with E-state index < -0.39 is 11.8 Å². The van der Waals surface area contributed by atoms with Crippen molar-refractivity contribution in [3.8, 4) is 5.75 Å². The highest BCUT2D eigenvalue weighted by Gasteiger charge is 2.20. The maximum atomic E-state index is 13.6. The van der Waals surface area contributed by atoms with Gasteiger partial charge in [-0.05, 0) is 18.1 Å². The number of methoxy groups -OCH3 is 1. The number of rotatable bonds is 3. The first-order valence-corrected chi connectivity index (χ1v) is 5.96. The van der Waals surface area contributed by atoms with Crippen LogP contribution >= 0.6 is 11.6 Å². The summed E-state index contributed by atoms with van der Waals surface area (Å²) < 4.78 is 18.5. The van der Waals surface area contributed by atoms with E-state index in [1.54, 1.807) is 6.92 Å². The van der Waals surface area contributed by atoms with Gasteiger partial charge in [0.25, 0.3) is 0 Å². The summed E-state index contributed by atoms with van der Waals surface area (Å²) in [6.07, 6.45) is 0.440. The van der Waals surface area contributed by atoms with Gasteiger partial charge in [0.2, 0.25) is 0 Å². The number of hydrogen-bond donors (Lipinski definition) is 1. The summed E-state index contributed by atoms with van der Waals surface area (Å²) in [5.74, 6) is -1.68. The van der Waals surface area contributed by atoms with Gasteiger partial charge in [-0.1, -0.05) is 18.5 Å². The molecule has 0 unspecified atom stereocenters. The van der Waals surface area contributed by atoms with Crippen LogP contribution in [0.15, 0.2) is 12.1 Å². The van der Waals surface area contributed by atoms with Crippen LogP contribution in [0.5, 0.6) is 5.75 Å². The molecule has 0 fully saturated rings. The summed E-state index contributed by atoms with van der Waals surface area (Å²) in [6.45, 7) is 1.80. The van der Waals surface area contributed by atoms with Gasteiger partial charge in [-0.2, -0.15) is 0 Å². The highest BCUT2D eigenvalue weighted by molar-refractivity contribution is 6.33. The van der Waals surface area contributed by atoms with Crippen molar-refractivity contribution >= 4 is 28.5 Å². The predicted molar refractivity (Wildman–Crippen MR) is 69.6 cm³/mol. The maximum Gasteiger partial charge on any atom is 0.339 e. The third-order valence-corrected chi connectivity index (χ3v) is 3.16. The molecule has 0 aliphatic rings. The number of fused-ring (bicyclic) bond motifs is 1. The molecule has 2 aromatic rings. The Morgan fingerprint density at radius 2 is 2.21 bits per heavy atom. The van der Waals surface area contributed by atoms with Crippen molar-refractivity contribution in [3.63, 3.8) is 0 Å². The van der Waals surface area contributed by atoms with Gasteiger partial charge >= 0.3 is 5.97 Å². The molecule has 0 spiro atoms. The Bertz CT molecular complexity index is 673. The fourth-order valence-electron chi connectivity index (χ4n) is 2.04. The zero-order valence-corrected chi connectivity index (χ0v) is 11.1. The van der Waals surface area contributed by atoms with Gasteiger partial charge < -0.3 is 9.84 Å². The highest BCUT2D eigenvalue weighted by atomic mass is 35.5. The second-order valence-corrected chi connectivity index (χ2v) is 4.28. The molecule has 0 amide bonds. The lowest BCUT2D eigenvalue weighted by molar-refractivity contribution is 0.0695. The molecule has 0 saturated heterocycles. The van der Waals surface area contributed by atoms with Crippen LogP contribution in [0.4, 0.5) is 4.39 Å². The molecule has 0 bridgehead atoms. The minimum absolute atomic E-state index is 0.0441. The van der Waals surface area contributed by atoms with Crippen LogP contribution < -0.4 is 4.74 Å². The van der Waals surface area contributed by atoms with Gasteiger partial charge in [-0.3, -0.25) is 0 Å². The first kappa shape index (κ1) is 13.5. The van der Waals surface area contributed by atoms with E-state index in [9.17, 15) is 14.3 Å². The third kappa shape index (κ3) is 2.21. The molecular formula is C13H11ClFNO3. The van der Waals surface area contributed by atoms with E-state index in [2.05, 4.69) is 4.98 Å². The van der Waals surface area contributed by atoms with Gasteiger partial charge in [-0.25, -0.2) is 14.2 Å². The smallest absolute Gasteiger partial charge is 0.339 e. The number of aryl methyl sites for hydroxylation is 1. The number of carbonyl (C=O) groups is 1. The Balaban J connectivity index is 2.91. The van der Waals surface area contributed by atoms with E-state index in [4.69, 9.17) is 16.3 Å². The van der Waals surface area contributed by atoms with Crippen LogP contribution in [0.1, 0.15) is 22.8 Å². The summed E-state index contributed by atoms with van der Waals surface area (Å²) in [5, 5.41) is 9.58. The molecule has 6 heteroatoms. The molecule has 0 radical (unpaired) electrons. The number of carboxylic acids is 1. The van der Waals surface area contributed by atoms with E-state index in [1.165, 1.54) is 19.2 Å². The second-order valence-electron chi connectivity index (χ2n) is 3.92. The van der Waals surface area contributed by atoms with Crippen molar-refractivity contribution in [2.75, 3.05) is 7.11 Å². The molecular weight excluding hydrogens is 273 g/mol. The van der Waals surface area contributed by atoms with Gasteiger partial charge in [-0.15, -0.1) is 0 Å². The minimum Gasteiger partial charge on any atom is -0.494 e. The summed E-state index contributed by atoms with van der Waals surface area (Å²) in [6, 6.07) is 2.63. The number of hydrogen-bond acceptors (Lipinski definition) is 3. The molecule has 0 saturated carbocycles. The average molecular weight is 284 g/mol. The number of ether oxygens (including phenoxy) is 1. The molecule has 0 aliphatic heterocycles. The van der Waals surface area contributed by atoms with Crippen molar-refractivity contribution in [3.05, 3.63) is 34.2 Å². The highest BCUT2D eigenvalue weighted by Crippen LogP contribution is 2.31. The van der Waals surface area contributed by atoms with Crippen molar-refractivity contribution < 1.29 is 19.0 Å². The van der Waals surface area contributed by atoms with Crippen molar-refractivity contribution in [1.29, 1.82) is 0 Å². The Hall–Kier alpha value is -1.88. The third-order valence-electron chi connectivity index (χ3n) is 2.89. The van der Waals surface area contributed by atoms with Crippen molar-refractivity contribution in [2.45, 2.75) is 13.3 Å². The minimum atomic E-state index is -1.15. The first-order valence-electron chi connectivity index (χ1n) is 5.58. The fourth-order valence-corrected chi connectivity index (χ4v) is 2.32. The lowest BCUT2D eigenvalue weighted by Crippen LogP contribution is -2.06. The number of benzene rings is 1. The molecule has 0 atom stereocenters. The van der Waals surface area contributed by atoms with Gasteiger partial charge in [0.05, 0.1) is 12.6 Å². The zero-order chi connectivity index (χ0) is 14.2. The summed E-state index contributed by atoms with van der Waals surface area (Å²) in [4.78, 5) is 15.2. The molecule has 1 aromatic heterocycles. The first-order chi connectivity index (χ1) is 8.99. The van der Waals surface area contributed by atoms with Crippen LogP contribution in [0.3, 0.4) is 0 Å². The van der Waals surface area contributed by atoms with Crippen LogP contribution in [-0.4, -0.2) is 23.2 Å². The number of aromatic nitrogens is 1. The fraction of sp³-hybridized carbons (Fsp3) is 0.231. The SMILES string of the molecule is CCc1c(C(=O)O)c(Cl)nc2cc(F)c(OC)cc12. The monoisotopic (exact) mass is 283 g/mol. The summed E-state index contributed by atoms with van der Waals surface area (Å²) >= 11 is 5.86. The van der Waals surface area contributed by atoms with Gasteiger partial charge in [0, 0.05) is 11.5 Å². The van der Waals surface area contributed by atoms with E-state index in [-0.39, 0.29) is 16.5 Å². The maximum absolute atomic E-state index is 13.6. The molecule has 100 valence electrons. The normalized spacial score (nSPS) is 10.7. The zero-order valence-electron chi connectivity index (χ0n) is 10.3.